The Kier molecular flexibility index (Phi) is 3.84. The Balaban J connectivity index is 3.14. The van der Waals surface area contributed by atoms with Crippen molar-refractivity contribution in [1.29, 1.82) is 0 Å². The van der Waals surface area contributed by atoms with Crippen LogP contribution in [0.5, 0.6) is 0 Å². The van der Waals surface area contributed by atoms with Gasteiger partial charge in [0.15, 0.2) is 0 Å². The maximum atomic E-state index is 12.6. The Hall–Kier alpha value is -1.06. The van der Waals surface area contributed by atoms with Crippen molar-refractivity contribution < 1.29 is 9.59 Å². The van der Waals surface area contributed by atoms with E-state index in [4.69, 9.17) is 0 Å². The van der Waals surface area contributed by atoms with Crippen LogP contribution in [0.4, 0.5) is 0 Å². The third kappa shape index (κ3) is 2.61. The minimum absolute atomic E-state index is 0.0196. The van der Waals surface area contributed by atoms with E-state index in [1.165, 1.54) is 0 Å². The summed E-state index contributed by atoms with van der Waals surface area (Å²) in [5.41, 5.74) is -0.945. The van der Waals surface area contributed by atoms with Crippen LogP contribution in [0.3, 0.4) is 0 Å². The van der Waals surface area contributed by atoms with Crippen molar-refractivity contribution in [2.24, 2.45) is 0 Å². The van der Waals surface area contributed by atoms with Gasteiger partial charge >= 0.3 is 0 Å². The lowest BCUT2D eigenvalue weighted by Crippen LogP contribution is -2.59. The summed E-state index contributed by atoms with van der Waals surface area (Å²) in [4.78, 5) is 26.2. The molecule has 4 heteroatoms. The molecule has 0 aromatic heterocycles. The molecule has 1 fully saturated rings. The van der Waals surface area contributed by atoms with Gasteiger partial charge in [0.1, 0.15) is 5.54 Å². The third-order valence-electron chi connectivity index (χ3n) is 3.61. The Morgan fingerprint density at radius 3 is 2.18 bits per heavy atom. The number of nitrogens with zero attached hydrogens (tertiary/aromatic N) is 1. The summed E-state index contributed by atoms with van der Waals surface area (Å²) in [6.45, 7) is 10.4. The molecule has 1 aliphatic heterocycles. The number of hydrogen-bond donors (Lipinski definition) is 1. The van der Waals surface area contributed by atoms with E-state index in [2.05, 4.69) is 5.32 Å². The van der Waals surface area contributed by atoms with E-state index in [0.717, 1.165) is 0 Å². The summed E-state index contributed by atoms with van der Waals surface area (Å²) in [6, 6.07) is 0. The van der Waals surface area contributed by atoms with E-state index >= 15 is 0 Å². The predicted octanol–water partition coefficient (Wildman–Crippen LogP) is 1.69. The van der Waals surface area contributed by atoms with Gasteiger partial charge in [0.05, 0.1) is 0 Å². The van der Waals surface area contributed by atoms with Gasteiger partial charge in [-0.3, -0.25) is 9.59 Å². The van der Waals surface area contributed by atoms with Crippen LogP contribution in [0, 0.1) is 0 Å². The summed E-state index contributed by atoms with van der Waals surface area (Å²) < 4.78 is 0. The second-order valence-electron chi connectivity index (χ2n) is 5.72. The average Bonchev–Trinajstić information content (AvgIpc) is 2.35. The number of amides is 2. The Bertz CT molecular complexity index is 314. The maximum absolute atomic E-state index is 12.6. The quantitative estimate of drug-likeness (QED) is 0.798. The predicted molar refractivity (Wildman–Crippen MR) is 67.5 cm³/mol. The standard InChI is InChI=1S/C13H24N2O2/c1-6-13(7-2)11(17)15(12(3,4)5)9-8-10(16)14-13/h6-9H2,1-5H3,(H,14,16). The first kappa shape index (κ1) is 14.0. The van der Waals surface area contributed by atoms with Crippen molar-refractivity contribution >= 4 is 11.8 Å². The Morgan fingerprint density at radius 1 is 1.24 bits per heavy atom. The maximum Gasteiger partial charge on any atom is 0.248 e. The second-order valence-corrected chi connectivity index (χ2v) is 5.72. The normalized spacial score (nSPS) is 21.1. The monoisotopic (exact) mass is 240 g/mol. The lowest BCUT2D eigenvalue weighted by Gasteiger charge is -2.40. The van der Waals surface area contributed by atoms with Gasteiger partial charge in [0.2, 0.25) is 11.8 Å². The fourth-order valence-corrected chi connectivity index (χ4v) is 2.33. The highest BCUT2D eigenvalue weighted by Gasteiger charge is 2.44. The van der Waals surface area contributed by atoms with Gasteiger partial charge in [-0.25, -0.2) is 0 Å². The molecular formula is C13H24N2O2. The molecule has 0 unspecified atom stereocenters. The molecule has 0 aliphatic carbocycles. The van der Waals surface area contributed by atoms with Crippen molar-refractivity contribution in [3.05, 3.63) is 0 Å². The molecule has 0 bridgehead atoms. The molecule has 1 heterocycles. The zero-order valence-electron chi connectivity index (χ0n) is 11.6. The molecule has 1 aliphatic rings. The van der Waals surface area contributed by atoms with E-state index in [9.17, 15) is 9.59 Å². The van der Waals surface area contributed by atoms with Crippen LogP contribution in [-0.2, 0) is 9.59 Å². The Labute approximate surface area is 104 Å². The van der Waals surface area contributed by atoms with Crippen LogP contribution in [0.2, 0.25) is 0 Å². The molecule has 0 saturated carbocycles. The molecule has 1 saturated heterocycles. The fraction of sp³-hybridized carbons (Fsp3) is 0.846. The summed E-state index contributed by atoms with van der Waals surface area (Å²) >= 11 is 0. The molecule has 0 aromatic carbocycles. The minimum atomic E-state index is -0.707. The molecule has 4 nitrogen and oxygen atoms in total. The number of carbonyl (C=O) groups excluding carboxylic acids is 2. The van der Waals surface area contributed by atoms with Gasteiger partial charge in [0.25, 0.3) is 0 Å². The lowest BCUT2D eigenvalue weighted by atomic mass is 9.89. The molecule has 98 valence electrons. The highest BCUT2D eigenvalue weighted by molar-refractivity contribution is 5.93. The molecule has 1 rings (SSSR count). The lowest BCUT2D eigenvalue weighted by molar-refractivity contribution is -0.143. The minimum Gasteiger partial charge on any atom is -0.342 e. The number of rotatable bonds is 2. The van der Waals surface area contributed by atoms with Crippen LogP contribution >= 0.6 is 0 Å². The van der Waals surface area contributed by atoms with Gasteiger partial charge in [-0.15, -0.1) is 0 Å². The van der Waals surface area contributed by atoms with Crippen molar-refractivity contribution in [2.45, 2.75) is 65.0 Å². The Morgan fingerprint density at radius 2 is 1.76 bits per heavy atom. The van der Waals surface area contributed by atoms with Gasteiger partial charge in [0, 0.05) is 18.5 Å². The smallest absolute Gasteiger partial charge is 0.248 e. The zero-order valence-corrected chi connectivity index (χ0v) is 11.6. The average molecular weight is 240 g/mol. The molecule has 1 N–H and O–H groups in total. The summed E-state index contributed by atoms with van der Waals surface area (Å²) in [5, 5.41) is 2.91. The van der Waals surface area contributed by atoms with Crippen LogP contribution in [0.1, 0.15) is 53.9 Å². The largest absolute Gasteiger partial charge is 0.342 e. The highest BCUT2D eigenvalue weighted by atomic mass is 16.2. The molecule has 0 spiro atoms. The topological polar surface area (TPSA) is 49.4 Å². The van der Waals surface area contributed by atoms with Crippen LogP contribution in [0.15, 0.2) is 0 Å². The SMILES string of the molecule is CCC1(CC)NC(=O)CCN(C(C)(C)C)C1=O. The van der Waals surface area contributed by atoms with Crippen molar-refractivity contribution in [3.8, 4) is 0 Å². The summed E-state index contributed by atoms with van der Waals surface area (Å²) in [5.74, 6) is 0.0367. The van der Waals surface area contributed by atoms with Crippen LogP contribution in [0.25, 0.3) is 0 Å². The first-order valence-electron chi connectivity index (χ1n) is 6.40. The van der Waals surface area contributed by atoms with Crippen LogP contribution < -0.4 is 5.32 Å². The molecule has 17 heavy (non-hydrogen) atoms. The van der Waals surface area contributed by atoms with Gasteiger partial charge in [-0.2, -0.15) is 0 Å². The summed E-state index contributed by atoms with van der Waals surface area (Å²) in [7, 11) is 0. The van der Waals surface area contributed by atoms with Crippen molar-refractivity contribution in [1.82, 2.24) is 10.2 Å². The van der Waals surface area contributed by atoms with E-state index < -0.39 is 5.54 Å². The highest BCUT2D eigenvalue weighted by Crippen LogP contribution is 2.26. The molecule has 0 aromatic rings. The molecular weight excluding hydrogens is 216 g/mol. The van der Waals surface area contributed by atoms with Gasteiger partial charge in [-0.05, 0) is 33.6 Å². The first-order valence-corrected chi connectivity index (χ1v) is 6.40. The molecule has 0 atom stereocenters. The number of hydrogen-bond acceptors (Lipinski definition) is 2. The second kappa shape index (κ2) is 4.67. The third-order valence-corrected chi connectivity index (χ3v) is 3.61. The van der Waals surface area contributed by atoms with Crippen molar-refractivity contribution in [2.75, 3.05) is 6.54 Å². The number of carbonyl (C=O) groups is 2. The number of nitrogens with one attached hydrogen (secondary N) is 1. The summed E-state index contributed by atoms with van der Waals surface area (Å²) in [6.07, 6.45) is 1.67. The van der Waals surface area contributed by atoms with E-state index in [1.54, 1.807) is 0 Å². The van der Waals surface area contributed by atoms with E-state index in [-0.39, 0.29) is 17.4 Å². The van der Waals surface area contributed by atoms with E-state index in [1.807, 2.05) is 39.5 Å². The van der Waals surface area contributed by atoms with Crippen molar-refractivity contribution in [3.63, 3.8) is 0 Å². The molecule has 0 radical (unpaired) electrons. The molecule has 2 amide bonds. The fourth-order valence-electron chi connectivity index (χ4n) is 2.33. The van der Waals surface area contributed by atoms with Gasteiger partial charge < -0.3 is 10.2 Å². The van der Waals surface area contributed by atoms with Crippen LogP contribution in [-0.4, -0.2) is 34.3 Å². The zero-order chi connectivity index (χ0) is 13.3. The van der Waals surface area contributed by atoms with Gasteiger partial charge in [-0.1, -0.05) is 13.8 Å². The van der Waals surface area contributed by atoms with E-state index in [0.29, 0.717) is 25.8 Å². The first-order chi connectivity index (χ1) is 7.77.